The van der Waals surface area contributed by atoms with Crippen molar-refractivity contribution in [2.24, 2.45) is 0 Å². The second-order valence-corrected chi connectivity index (χ2v) is 7.49. The Morgan fingerprint density at radius 3 is 2.18 bits per heavy atom. The van der Waals surface area contributed by atoms with Crippen LogP contribution in [0.2, 0.25) is 0 Å². The number of ether oxygens (including phenoxy) is 4. The van der Waals surface area contributed by atoms with Crippen LogP contribution in [0.1, 0.15) is 26.3 Å². The van der Waals surface area contributed by atoms with Crippen LogP contribution in [0.15, 0.2) is 41.9 Å². The highest BCUT2D eigenvalue weighted by Crippen LogP contribution is 2.39. The zero-order valence-electron chi connectivity index (χ0n) is 18.5. The summed E-state index contributed by atoms with van der Waals surface area (Å²) in [6.45, 7) is -0.332. The zero-order chi connectivity index (χ0) is 24.0. The Bertz CT molecular complexity index is 1150. The van der Waals surface area contributed by atoms with Crippen LogP contribution in [0.25, 0.3) is 10.6 Å². The first-order valence-corrected chi connectivity index (χ1v) is 10.5. The third kappa shape index (κ3) is 5.12. The maximum absolute atomic E-state index is 13.6. The van der Waals surface area contributed by atoms with Gasteiger partial charge in [0.2, 0.25) is 5.75 Å². The molecule has 0 fully saturated rings. The summed E-state index contributed by atoms with van der Waals surface area (Å²) in [6, 6.07) is 7.83. The predicted octanol–water partition coefficient (Wildman–Crippen LogP) is 2.97. The largest absolute Gasteiger partial charge is 0.493 e. The van der Waals surface area contributed by atoms with Crippen molar-refractivity contribution in [1.82, 2.24) is 10.3 Å². The molecule has 0 bridgehead atoms. The van der Waals surface area contributed by atoms with E-state index in [0.29, 0.717) is 27.8 Å². The van der Waals surface area contributed by atoms with Gasteiger partial charge in [-0.3, -0.25) is 14.4 Å². The molecule has 0 atom stereocenters. The lowest BCUT2D eigenvalue weighted by Crippen LogP contribution is -2.31. The number of hydrogen-bond donors (Lipinski definition) is 1. The first-order chi connectivity index (χ1) is 15.9. The van der Waals surface area contributed by atoms with Crippen LogP contribution in [0, 0.1) is 0 Å². The minimum absolute atomic E-state index is 0.0953. The quantitative estimate of drug-likeness (QED) is 0.375. The summed E-state index contributed by atoms with van der Waals surface area (Å²) in [5.74, 6) is -0.719. The average molecular weight is 471 g/mol. The van der Waals surface area contributed by atoms with Crippen LogP contribution in [0.4, 0.5) is 0 Å². The van der Waals surface area contributed by atoms with Gasteiger partial charge in [0.1, 0.15) is 11.6 Å². The van der Waals surface area contributed by atoms with Crippen LogP contribution in [-0.2, 0) is 9.53 Å². The highest BCUT2D eigenvalue weighted by atomic mass is 32.1. The fourth-order valence-electron chi connectivity index (χ4n) is 3.12. The van der Waals surface area contributed by atoms with E-state index in [1.807, 2.05) is 5.38 Å². The minimum atomic E-state index is -0.611. The van der Waals surface area contributed by atoms with Gasteiger partial charge in [0.25, 0.3) is 5.91 Å². The summed E-state index contributed by atoms with van der Waals surface area (Å²) in [4.78, 5) is 42.1. The monoisotopic (exact) mass is 470 g/mol. The van der Waals surface area contributed by atoms with Gasteiger partial charge in [0.15, 0.2) is 17.3 Å². The zero-order valence-corrected chi connectivity index (χ0v) is 19.3. The number of amides is 1. The fourth-order valence-corrected chi connectivity index (χ4v) is 3.75. The number of ketones is 1. The fraction of sp³-hybridized carbons (Fsp3) is 0.217. The lowest BCUT2D eigenvalue weighted by atomic mass is 9.95. The number of rotatable bonds is 9. The molecule has 0 radical (unpaired) electrons. The molecule has 0 saturated carbocycles. The normalized spacial score (nSPS) is 10.3. The van der Waals surface area contributed by atoms with E-state index in [4.69, 9.17) is 14.2 Å². The van der Waals surface area contributed by atoms with E-state index >= 15 is 0 Å². The molecule has 33 heavy (non-hydrogen) atoms. The van der Waals surface area contributed by atoms with E-state index < -0.39 is 17.7 Å². The van der Waals surface area contributed by atoms with Gasteiger partial charge in [-0.1, -0.05) is 6.07 Å². The molecule has 3 rings (SSSR count). The smallest absolute Gasteiger partial charge is 0.325 e. The summed E-state index contributed by atoms with van der Waals surface area (Å²) < 4.78 is 20.6. The van der Waals surface area contributed by atoms with Gasteiger partial charge in [0.05, 0.1) is 34.0 Å². The van der Waals surface area contributed by atoms with Gasteiger partial charge in [-0.25, -0.2) is 4.98 Å². The second-order valence-electron chi connectivity index (χ2n) is 6.60. The van der Waals surface area contributed by atoms with Crippen LogP contribution in [0.5, 0.6) is 17.2 Å². The lowest BCUT2D eigenvalue weighted by Gasteiger charge is -2.15. The van der Waals surface area contributed by atoms with Crippen molar-refractivity contribution in [1.29, 1.82) is 0 Å². The van der Waals surface area contributed by atoms with Gasteiger partial charge >= 0.3 is 5.97 Å². The highest BCUT2D eigenvalue weighted by Gasteiger charge is 2.23. The van der Waals surface area contributed by atoms with Crippen molar-refractivity contribution in [3.05, 3.63) is 58.6 Å². The molecular formula is C23H22N2O7S. The van der Waals surface area contributed by atoms with Gasteiger partial charge in [-0.15, -0.1) is 11.3 Å². The molecule has 1 amide bonds. The summed E-state index contributed by atoms with van der Waals surface area (Å²) in [5, 5.41) is 4.97. The molecule has 1 N–H and O–H groups in total. The van der Waals surface area contributed by atoms with Crippen LogP contribution < -0.4 is 19.5 Å². The van der Waals surface area contributed by atoms with E-state index in [9.17, 15) is 14.4 Å². The number of carbonyl (C=O) groups excluding carboxylic acids is 3. The maximum atomic E-state index is 13.6. The highest BCUT2D eigenvalue weighted by molar-refractivity contribution is 7.13. The molecular weight excluding hydrogens is 448 g/mol. The van der Waals surface area contributed by atoms with E-state index in [-0.39, 0.29) is 23.2 Å². The van der Waals surface area contributed by atoms with Crippen molar-refractivity contribution < 1.29 is 33.3 Å². The van der Waals surface area contributed by atoms with Crippen molar-refractivity contribution in [3.63, 3.8) is 0 Å². The van der Waals surface area contributed by atoms with Crippen LogP contribution in [0.3, 0.4) is 0 Å². The molecule has 172 valence electrons. The SMILES string of the molecule is COC(=O)CNC(=O)c1ccc(-c2nccs2)cc1C(=O)c1cc(OC)c(OC)c(OC)c1. The summed E-state index contributed by atoms with van der Waals surface area (Å²) in [5.41, 5.74) is 1.12. The molecule has 2 aromatic carbocycles. The summed E-state index contributed by atoms with van der Waals surface area (Å²) >= 11 is 1.40. The predicted molar refractivity (Wildman–Crippen MR) is 121 cm³/mol. The number of nitrogens with zero attached hydrogens (tertiary/aromatic N) is 1. The molecule has 0 aliphatic carbocycles. The Balaban J connectivity index is 2.10. The van der Waals surface area contributed by atoms with E-state index in [1.165, 1.54) is 58.0 Å². The molecule has 1 heterocycles. The van der Waals surface area contributed by atoms with Gasteiger partial charge in [-0.2, -0.15) is 0 Å². The molecule has 0 aliphatic rings. The Hall–Kier alpha value is -3.92. The molecule has 0 unspecified atom stereocenters. The third-order valence-electron chi connectivity index (χ3n) is 4.74. The molecule has 3 aromatic rings. The molecule has 1 aromatic heterocycles. The topological polar surface area (TPSA) is 113 Å². The molecule has 0 spiro atoms. The van der Waals surface area contributed by atoms with Crippen molar-refractivity contribution in [2.75, 3.05) is 35.0 Å². The number of nitrogens with one attached hydrogen (secondary N) is 1. The average Bonchev–Trinajstić information content (AvgIpc) is 3.40. The Morgan fingerprint density at radius 2 is 1.64 bits per heavy atom. The first kappa shape index (κ1) is 23.7. The Labute approximate surface area is 194 Å². The number of carbonyl (C=O) groups is 3. The van der Waals surface area contributed by atoms with Crippen LogP contribution >= 0.6 is 11.3 Å². The summed E-state index contributed by atoms with van der Waals surface area (Å²) in [6.07, 6.45) is 1.65. The van der Waals surface area contributed by atoms with Gasteiger partial charge < -0.3 is 24.3 Å². The van der Waals surface area contributed by atoms with E-state index in [1.54, 1.807) is 18.3 Å². The van der Waals surface area contributed by atoms with Crippen molar-refractivity contribution >= 4 is 29.0 Å². The number of hydrogen-bond acceptors (Lipinski definition) is 9. The van der Waals surface area contributed by atoms with E-state index in [2.05, 4.69) is 15.0 Å². The number of thiazole rings is 1. The van der Waals surface area contributed by atoms with Crippen molar-refractivity contribution in [2.45, 2.75) is 0 Å². The Kier molecular flexibility index (Phi) is 7.62. The molecule has 0 aliphatic heterocycles. The number of benzene rings is 2. The number of methoxy groups -OCH3 is 4. The second kappa shape index (κ2) is 10.6. The lowest BCUT2D eigenvalue weighted by molar-refractivity contribution is -0.139. The number of aromatic nitrogens is 1. The summed E-state index contributed by atoms with van der Waals surface area (Å²) in [7, 11) is 5.57. The molecule has 0 saturated heterocycles. The minimum Gasteiger partial charge on any atom is -0.493 e. The Morgan fingerprint density at radius 1 is 0.939 bits per heavy atom. The molecule has 9 nitrogen and oxygen atoms in total. The first-order valence-electron chi connectivity index (χ1n) is 9.67. The van der Waals surface area contributed by atoms with Gasteiger partial charge in [-0.05, 0) is 24.3 Å². The number of esters is 1. The van der Waals surface area contributed by atoms with Gasteiger partial charge in [0, 0.05) is 28.3 Å². The van der Waals surface area contributed by atoms with Crippen molar-refractivity contribution in [3.8, 4) is 27.8 Å². The molecule has 10 heteroatoms. The van der Waals surface area contributed by atoms with E-state index in [0.717, 1.165) is 0 Å². The van der Waals surface area contributed by atoms with Crippen LogP contribution in [-0.4, -0.2) is 57.6 Å². The maximum Gasteiger partial charge on any atom is 0.325 e. The standard InChI is InChI=1S/C23H22N2O7S/c1-29-17-10-14(11-18(30-2)21(17)32-4)20(27)16-9-13(23-24-7-8-33-23)5-6-15(16)22(28)25-12-19(26)31-3/h5-11H,12H2,1-4H3,(H,25,28). The third-order valence-corrected chi connectivity index (χ3v) is 5.56.